The van der Waals surface area contributed by atoms with Crippen LogP contribution in [0.5, 0.6) is 0 Å². The minimum atomic E-state index is -0.0984. The first kappa shape index (κ1) is 7.11. The lowest BCUT2D eigenvalue weighted by molar-refractivity contribution is 0.0930. The van der Waals surface area contributed by atoms with Crippen LogP contribution >= 0.6 is 0 Å². The largest absolute Gasteiger partial charge is 0.392 e. The summed E-state index contributed by atoms with van der Waals surface area (Å²) in [6.07, 6.45) is 8.42. The van der Waals surface area contributed by atoms with Crippen molar-refractivity contribution in [3.8, 4) is 0 Å². The van der Waals surface area contributed by atoms with Gasteiger partial charge >= 0.3 is 0 Å². The first-order valence-corrected chi connectivity index (χ1v) is 4.30. The molecule has 0 aliphatic heterocycles. The Morgan fingerprint density at radius 3 is 3.00 bits per heavy atom. The summed E-state index contributed by atoms with van der Waals surface area (Å²) in [4.78, 5) is 0. The van der Waals surface area contributed by atoms with Crippen LogP contribution in [-0.4, -0.2) is 11.2 Å². The molecule has 0 heterocycles. The Morgan fingerprint density at radius 1 is 1.45 bits per heavy atom. The molecule has 1 heteroatoms. The van der Waals surface area contributed by atoms with Gasteiger partial charge in [-0.25, -0.2) is 0 Å². The second kappa shape index (κ2) is 2.49. The van der Waals surface area contributed by atoms with E-state index in [0.717, 1.165) is 12.8 Å². The molecule has 1 N–H and O–H groups in total. The first-order valence-electron chi connectivity index (χ1n) is 4.30. The van der Waals surface area contributed by atoms with E-state index in [0.29, 0.717) is 11.8 Å². The van der Waals surface area contributed by atoms with Gasteiger partial charge < -0.3 is 5.11 Å². The van der Waals surface area contributed by atoms with Gasteiger partial charge in [-0.2, -0.15) is 0 Å². The molecule has 2 aliphatic rings. The molecule has 0 aromatic carbocycles. The lowest BCUT2D eigenvalue weighted by Crippen LogP contribution is -2.27. The lowest BCUT2D eigenvalue weighted by Gasteiger charge is -2.29. The molecule has 60 valence electrons. The van der Waals surface area contributed by atoms with E-state index in [9.17, 15) is 5.11 Å². The maximum Gasteiger partial charge on any atom is 0.0614 e. The molecule has 0 saturated heterocycles. The predicted molar refractivity (Wildman–Crippen MR) is 45.1 cm³/mol. The first-order chi connectivity index (χ1) is 5.29. The van der Waals surface area contributed by atoms with E-state index in [2.05, 4.69) is 25.2 Å². The summed E-state index contributed by atoms with van der Waals surface area (Å²) in [7, 11) is 0. The number of rotatable bonds is 0. The fourth-order valence-corrected chi connectivity index (χ4v) is 2.18. The van der Waals surface area contributed by atoms with Crippen LogP contribution in [0.3, 0.4) is 0 Å². The Hall–Kier alpha value is -0.560. The van der Waals surface area contributed by atoms with E-state index in [1.54, 1.807) is 0 Å². The molecular weight excluding hydrogens is 136 g/mol. The molecule has 0 saturated carbocycles. The molecule has 2 rings (SSSR count). The van der Waals surface area contributed by atoms with Crippen LogP contribution in [0, 0.1) is 11.8 Å². The Balaban J connectivity index is 2.25. The van der Waals surface area contributed by atoms with Gasteiger partial charge in [0, 0.05) is 5.92 Å². The van der Waals surface area contributed by atoms with Crippen molar-refractivity contribution in [2.24, 2.45) is 11.8 Å². The predicted octanol–water partition coefficient (Wildman–Crippen LogP) is 1.89. The second-order valence-corrected chi connectivity index (χ2v) is 3.60. The maximum absolute atomic E-state index is 9.61. The smallest absolute Gasteiger partial charge is 0.0614 e. The van der Waals surface area contributed by atoms with Crippen LogP contribution in [0.25, 0.3) is 0 Å². The van der Waals surface area contributed by atoms with Crippen molar-refractivity contribution in [3.05, 3.63) is 23.8 Å². The Bertz CT molecular complexity index is 215. The highest BCUT2D eigenvalue weighted by Crippen LogP contribution is 2.38. The van der Waals surface area contributed by atoms with Crippen molar-refractivity contribution in [1.29, 1.82) is 0 Å². The van der Waals surface area contributed by atoms with Gasteiger partial charge in [-0.05, 0) is 25.7 Å². The van der Waals surface area contributed by atoms with Crippen LogP contribution in [0.4, 0.5) is 0 Å². The minimum Gasteiger partial charge on any atom is -0.392 e. The monoisotopic (exact) mass is 150 g/mol. The van der Waals surface area contributed by atoms with Crippen LogP contribution in [-0.2, 0) is 0 Å². The van der Waals surface area contributed by atoms with Crippen LogP contribution in [0.15, 0.2) is 23.8 Å². The topological polar surface area (TPSA) is 20.2 Å². The van der Waals surface area contributed by atoms with E-state index in [4.69, 9.17) is 0 Å². The highest BCUT2D eigenvalue weighted by atomic mass is 16.3. The third-order valence-corrected chi connectivity index (χ3v) is 2.91. The van der Waals surface area contributed by atoms with Crippen molar-refractivity contribution in [2.45, 2.75) is 25.9 Å². The van der Waals surface area contributed by atoms with Gasteiger partial charge in [0.25, 0.3) is 0 Å². The zero-order valence-corrected chi connectivity index (χ0v) is 6.83. The third kappa shape index (κ3) is 1.04. The fourth-order valence-electron chi connectivity index (χ4n) is 2.18. The fraction of sp³-hybridized carbons (Fsp3) is 0.600. The van der Waals surface area contributed by atoms with Crippen LogP contribution < -0.4 is 0 Å². The SMILES string of the molecule is CC1=CCC(O)C2CC=CC12. The molecule has 0 amide bonds. The molecule has 3 unspecified atom stereocenters. The van der Waals surface area contributed by atoms with Crippen molar-refractivity contribution in [1.82, 2.24) is 0 Å². The average Bonchev–Trinajstić information content (AvgIpc) is 2.45. The highest BCUT2D eigenvalue weighted by Gasteiger charge is 2.32. The second-order valence-electron chi connectivity index (χ2n) is 3.60. The van der Waals surface area contributed by atoms with E-state index in [1.165, 1.54) is 5.57 Å². The molecular formula is C10H14O. The summed E-state index contributed by atoms with van der Waals surface area (Å²) < 4.78 is 0. The van der Waals surface area contributed by atoms with E-state index in [-0.39, 0.29) is 6.10 Å². The van der Waals surface area contributed by atoms with Gasteiger partial charge in [0.05, 0.1) is 6.10 Å². The minimum absolute atomic E-state index is 0.0984. The molecule has 0 radical (unpaired) electrons. The van der Waals surface area contributed by atoms with Crippen molar-refractivity contribution in [3.63, 3.8) is 0 Å². The van der Waals surface area contributed by atoms with Gasteiger partial charge in [-0.3, -0.25) is 0 Å². The summed E-state index contributed by atoms with van der Waals surface area (Å²) in [6.45, 7) is 2.17. The van der Waals surface area contributed by atoms with E-state index >= 15 is 0 Å². The molecule has 0 spiro atoms. The maximum atomic E-state index is 9.61. The molecule has 0 aromatic rings. The summed E-state index contributed by atoms with van der Waals surface area (Å²) >= 11 is 0. The molecule has 0 aromatic heterocycles. The summed E-state index contributed by atoms with van der Waals surface area (Å²) in [5.41, 5.74) is 1.44. The number of allylic oxidation sites excluding steroid dienone is 3. The summed E-state index contributed by atoms with van der Waals surface area (Å²) in [5.74, 6) is 1.03. The summed E-state index contributed by atoms with van der Waals surface area (Å²) in [6, 6.07) is 0. The molecule has 0 fully saturated rings. The Labute approximate surface area is 67.4 Å². The average molecular weight is 150 g/mol. The van der Waals surface area contributed by atoms with Crippen molar-refractivity contribution < 1.29 is 5.11 Å². The number of aliphatic hydroxyl groups excluding tert-OH is 1. The number of aliphatic hydroxyl groups is 1. The van der Waals surface area contributed by atoms with Gasteiger partial charge in [-0.15, -0.1) is 0 Å². The quantitative estimate of drug-likeness (QED) is 0.523. The van der Waals surface area contributed by atoms with Crippen molar-refractivity contribution in [2.75, 3.05) is 0 Å². The zero-order valence-electron chi connectivity index (χ0n) is 6.83. The number of hydrogen-bond acceptors (Lipinski definition) is 1. The van der Waals surface area contributed by atoms with Crippen LogP contribution in [0.2, 0.25) is 0 Å². The summed E-state index contributed by atoms with van der Waals surface area (Å²) in [5, 5.41) is 9.61. The van der Waals surface area contributed by atoms with Gasteiger partial charge in [0.15, 0.2) is 0 Å². The van der Waals surface area contributed by atoms with Crippen molar-refractivity contribution >= 4 is 0 Å². The Morgan fingerprint density at radius 2 is 2.27 bits per heavy atom. The van der Waals surface area contributed by atoms with E-state index in [1.807, 2.05) is 0 Å². The van der Waals surface area contributed by atoms with Gasteiger partial charge in [-0.1, -0.05) is 23.8 Å². The molecule has 2 aliphatic carbocycles. The normalized spacial score (nSPS) is 42.0. The molecule has 11 heavy (non-hydrogen) atoms. The number of hydrogen-bond donors (Lipinski definition) is 1. The third-order valence-electron chi connectivity index (χ3n) is 2.91. The Kier molecular flexibility index (Phi) is 1.61. The standard InChI is InChI=1S/C10H14O/c1-7-5-6-10(11)9-4-2-3-8(7)9/h2-3,5,8-11H,4,6H2,1H3. The molecule has 0 bridgehead atoms. The van der Waals surface area contributed by atoms with Gasteiger partial charge in [0.2, 0.25) is 0 Å². The lowest BCUT2D eigenvalue weighted by atomic mass is 9.79. The highest BCUT2D eigenvalue weighted by molar-refractivity contribution is 5.22. The van der Waals surface area contributed by atoms with Gasteiger partial charge in [0.1, 0.15) is 0 Å². The van der Waals surface area contributed by atoms with Crippen LogP contribution in [0.1, 0.15) is 19.8 Å². The number of fused-ring (bicyclic) bond motifs is 1. The van der Waals surface area contributed by atoms with E-state index < -0.39 is 0 Å². The molecule has 3 atom stereocenters. The zero-order chi connectivity index (χ0) is 7.84. The molecule has 1 nitrogen and oxygen atoms in total.